The molecule has 44 valence electrons. The molecule has 0 aromatic heterocycles. The molecule has 0 heterocycles. The topological polar surface area (TPSA) is 140 Å². The monoisotopic (exact) mass is 173 g/mol. The van der Waals surface area contributed by atoms with Crippen LogP contribution in [0.2, 0.25) is 0 Å². The molecule has 0 atom stereocenters. The molecular weight excluding hydrogens is 171 g/mol. The summed E-state index contributed by atoms with van der Waals surface area (Å²) in [5, 5.41) is 18.0. The molecule has 0 fully saturated rings. The molecule has 0 bridgehead atoms. The van der Waals surface area contributed by atoms with Crippen molar-refractivity contribution in [2.75, 3.05) is 0 Å². The van der Waals surface area contributed by atoms with E-state index in [0.29, 0.717) is 0 Å². The SMILES string of the molecule is N.O=N[O-].O=N[O-].[Zn+2]. The molecule has 0 aliphatic carbocycles. The maximum atomic E-state index is 8.00. The van der Waals surface area contributed by atoms with Crippen LogP contribution in [-0.4, -0.2) is 0 Å². The van der Waals surface area contributed by atoms with Crippen molar-refractivity contribution in [3.63, 3.8) is 0 Å². The molecule has 0 saturated carbocycles. The van der Waals surface area contributed by atoms with E-state index in [1.165, 1.54) is 0 Å². The second kappa shape index (κ2) is 96.7. The van der Waals surface area contributed by atoms with Gasteiger partial charge < -0.3 is 26.4 Å². The maximum absolute atomic E-state index is 8.00. The first-order valence-corrected chi connectivity index (χ1v) is 0.730. The summed E-state index contributed by atoms with van der Waals surface area (Å²) in [4.78, 5) is 16.0. The van der Waals surface area contributed by atoms with Crippen molar-refractivity contribution in [1.82, 2.24) is 6.15 Å². The van der Waals surface area contributed by atoms with Crippen LogP contribution in [0, 0.1) is 20.2 Å². The van der Waals surface area contributed by atoms with Gasteiger partial charge in [-0.05, 0) is 0 Å². The Hall–Kier alpha value is -0.617. The zero-order valence-electron chi connectivity index (χ0n) is 3.94. The molecule has 3 N–H and O–H groups in total. The second-order valence-corrected chi connectivity index (χ2v) is 0.149. The minimum Gasteiger partial charge on any atom is -0.444 e. The van der Waals surface area contributed by atoms with E-state index in [1.807, 2.05) is 0 Å². The fourth-order valence-electron chi connectivity index (χ4n) is 0. The van der Waals surface area contributed by atoms with Gasteiger partial charge in [0.25, 0.3) is 0 Å². The maximum Gasteiger partial charge on any atom is 2.00 e. The fourth-order valence-corrected chi connectivity index (χ4v) is 0. The van der Waals surface area contributed by atoms with E-state index in [-0.39, 0.29) is 25.6 Å². The zero-order chi connectivity index (χ0) is 5.41. The van der Waals surface area contributed by atoms with Crippen molar-refractivity contribution in [3.8, 4) is 0 Å². The summed E-state index contributed by atoms with van der Waals surface area (Å²) in [5.74, 6) is 0. The van der Waals surface area contributed by atoms with Gasteiger partial charge in [0, 0.05) is 0 Å². The average Bonchev–Trinajstić information content (AvgIpc) is 1.39. The van der Waals surface area contributed by atoms with Crippen molar-refractivity contribution in [3.05, 3.63) is 20.2 Å². The van der Waals surface area contributed by atoms with Crippen LogP contribution in [0.3, 0.4) is 0 Å². The molecule has 0 aliphatic heterocycles. The quantitative estimate of drug-likeness (QED) is 0.326. The number of hydrogen-bond donors (Lipinski definition) is 1. The summed E-state index contributed by atoms with van der Waals surface area (Å²) in [6.45, 7) is 0. The molecule has 0 rings (SSSR count). The Labute approximate surface area is 57.3 Å². The Balaban J connectivity index is -0.0000000160. The Morgan fingerprint density at radius 3 is 1.00 bits per heavy atom. The number of nitrogens with zero attached hydrogens (tertiary/aromatic N) is 2. The van der Waals surface area contributed by atoms with E-state index in [2.05, 4.69) is 0 Å². The van der Waals surface area contributed by atoms with Gasteiger partial charge in [-0.1, -0.05) is 0 Å². The van der Waals surface area contributed by atoms with Gasteiger partial charge in [0.15, 0.2) is 0 Å². The predicted octanol–water partition coefficient (Wildman–Crippen LogP) is 0.661. The van der Waals surface area contributed by atoms with Gasteiger partial charge >= 0.3 is 19.5 Å². The molecule has 0 aliphatic rings. The summed E-state index contributed by atoms with van der Waals surface area (Å²) < 4.78 is 0. The first-order valence-electron chi connectivity index (χ1n) is 0.730. The van der Waals surface area contributed by atoms with Crippen LogP contribution in [-0.2, 0) is 19.5 Å². The van der Waals surface area contributed by atoms with Gasteiger partial charge in [0.1, 0.15) is 0 Å². The largest absolute Gasteiger partial charge is 2.00 e. The standard InChI is InChI=1S/2HNO2.H3N.Zn/c2*2-1-3;;/h2*(H,2,3);1H3;/q;;;+2/p-2. The number of rotatable bonds is 0. The fraction of sp³-hybridized carbons (Fsp3) is 0. The molecule has 7 nitrogen and oxygen atoms in total. The van der Waals surface area contributed by atoms with E-state index in [0.717, 1.165) is 10.7 Å². The van der Waals surface area contributed by atoms with Crippen LogP contribution < -0.4 is 6.15 Å². The Morgan fingerprint density at radius 2 is 1.00 bits per heavy atom. The Morgan fingerprint density at radius 1 is 1.00 bits per heavy atom. The molecule has 8 heteroatoms. The number of hydrogen-bond acceptors (Lipinski definition) is 7. The smallest absolute Gasteiger partial charge is 0.444 e. The molecule has 0 radical (unpaired) electrons. The molecule has 8 heavy (non-hydrogen) atoms. The van der Waals surface area contributed by atoms with Crippen LogP contribution in [0.1, 0.15) is 0 Å². The molecule has 0 unspecified atom stereocenters. The molecule has 0 amide bonds. The third-order valence-corrected chi connectivity index (χ3v) is 0. The summed E-state index contributed by atoms with van der Waals surface area (Å²) in [6, 6.07) is 0. The van der Waals surface area contributed by atoms with E-state index in [1.54, 1.807) is 0 Å². The second-order valence-electron chi connectivity index (χ2n) is 0.149. The van der Waals surface area contributed by atoms with Crippen LogP contribution in [0.25, 0.3) is 0 Å². The third kappa shape index (κ3) is 272. The Bertz CT molecular complexity index is 32.3. The van der Waals surface area contributed by atoms with Crippen molar-refractivity contribution in [2.24, 2.45) is 10.7 Å². The van der Waals surface area contributed by atoms with Crippen LogP contribution in [0.5, 0.6) is 0 Å². The van der Waals surface area contributed by atoms with Crippen LogP contribution in [0.4, 0.5) is 0 Å². The van der Waals surface area contributed by atoms with Gasteiger partial charge in [-0.2, -0.15) is 0 Å². The van der Waals surface area contributed by atoms with Crippen LogP contribution >= 0.6 is 0 Å². The van der Waals surface area contributed by atoms with E-state index < -0.39 is 0 Å². The molecule has 0 spiro atoms. The predicted molar refractivity (Wildman–Crippen MR) is 23.3 cm³/mol. The van der Waals surface area contributed by atoms with Crippen molar-refractivity contribution < 1.29 is 19.5 Å². The van der Waals surface area contributed by atoms with Gasteiger partial charge in [-0.3, -0.25) is 0 Å². The van der Waals surface area contributed by atoms with Gasteiger partial charge in [-0.15, -0.1) is 10.7 Å². The van der Waals surface area contributed by atoms with Crippen LogP contribution in [0.15, 0.2) is 10.7 Å². The minimum atomic E-state index is 0. The summed E-state index contributed by atoms with van der Waals surface area (Å²) in [5.41, 5.74) is 0. The summed E-state index contributed by atoms with van der Waals surface area (Å²) in [6.07, 6.45) is 0. The van der Waals surface area contributed by atoms with Gasteiger partial charge in [0.05, 0.1) is 0 Å². The Kier molecular flexibility index (Phi) is 318. The summed E-state index contributed by atoms with van der Waals surface area (Å²) >= 11 is 0. The first-order chi connectivity index (χ1) is 2.83. The summed E-state index contributed by atoms with van der Waals surface area (Å²) in [7, 11) is 0. The van der Waals surface area contributed by atoms with E-state index in [4.69, 9.17) is 20.2 Å². The molecule has 0 saturated heterocycles. The van der Waals surface area contributed by atoms with Gasteiger partial charge in [-0.25, -0.2) is 0 Å². The van der Waals surface area contributed by atoms with Crippen molar-refractivity contribution in [1.29, 1.82) is 0 Å². The molecule has 0 aromatic carbocycles. The van der Waals surface area contributed by atoms with E-state index in [9.17, 15) is 0 Å². The third-order valence-electron chi connectivity index (χ3n) is 0. The minimum absolute atomic E-state index is 0. The zero-order valence-corrected chi connectivity index (χ0v) is 6.91. The molecule has 0 aromatic rings. The van der Waals surface area contributed by atoms with Gasteiger partial charge in [0.2, 0.25) is 0 Å². The van der Waals surface area contributed by atoms with Crippen molar-refractivity contribution in [2.45, 2.75) is 0 Å². The van der Waals surface area contributed by atoms with Crippen molar-refractivity contribution >= 4 is 0 Å². The normalized spacial score (nSPS) is 3.00. The first kappa shape index (κ1) is 26.3. The van der Waals surface area contributed by atoms with E-state index >= 15 is 0 Å². The average molecular weight is 174 g/mol. The molecular formula is H3N3O4Zn.